The first-order chi connectivity index (χ1) is 8.16. The lowest BCUT2D eigenvalue weighted by molar-refractivity contribution is 0.886. The largest absolute Gasteiger partial charge is 0.398 e. The molecule has 3 heteroatoms. The summed E-state index contributed by atoms with van der Waals surface area (Å²) in [7, 11) is 0. The minimum Gasteiger partial charge on any atom is -0.398 e. The van der Waals surface area contributed by atoms with Gasteiger partial charge in [0, 0.05) is 23.3 Å². The van der Waals surface area contributed by atoms with Crippen LogP contribution in [0.5, 0.6) is 0 Å². The number of anilines is 2. The van der Waals surface area contributed by atoms with Gasteiger partial charge >= 0.3 is 0 Å². The third kappa shape index (κ3) is 2.75. The number of hydrogen-bond acceptors (Lipinski definition) is 3. The van der Waals surface area contributed by atoms with Gasteiger partial charge in [-0.15, -0.1) is 0 Å². The second kappa shape index (κ2) is 4.87. The first kappa shape index (κ1) is 11.5. The van der Waals surface area contributed by atoms with Crippen molar-refractivity contribution in [2.45, 2.75) is 19.9 Å². The molecule has 0 spiro atoms. The number of para-hydroxylation sites is 1. The number of aryl methyl sites for hydroxylation is 1. The maximum atomic E-state index is 5.95. The molecule has 17 heavy (non-hydrogen) atoms. The van der Waals surface area contributed by atoms with E-state index < -0.39 is 0 Å². The van der Waals surface area contributed by atoms with Gasteiger partial charge in [-0.2, -0.15) is 0 Å². The van der Waals surface area contributed by atoms with Crippen molar-refractivity contribution in [1.29, 1.82) is 0 Å². The van der Waals surface area contributed by atoms with Crippen molar-refractivity contribution in [2.24, 2.45) is 0 Å². The maximum Gasteiger partial charge on any atom is 0.0506 e. The highest BCUT2D eigenvalue weighted by molar-refractivity contribution is 5.52. The van der Waals surface area contributed by atoms with Crippen LogP contribution in [0.15, 0.2) is 42.6 Å². The van der Waals surface area contributed by atoms with Crippen LogP contribution in [0, 0.1) is 6.92 Å². The normalized spacial score (nSPS) is 12.1. The second-order valence-electron chi connectivity index (χ2n) is 4.18. The van der Waals surface area contributed by atoms with E-state index >= 15 is 0 Å². The van der Waals surface area contributed by atoms with Crippen LogP contribution in [0.25, 0.3) is 0 Å². The van der Waals surface area contributed by atoms with Crippen LogP contribution in [0.3, 0.4) is 0 Å². The molecule has 1 atom stereocenters. The molecule has 0 aliphatic heterocycles. The summed E-state index contributed by atoms with van der Waals surface area (Å²) >= 11 is 0. The van der Waals surface area contributed by atoms with Crippen molar-refractivity contribution >= 4 is 11.4 Å². The zero-order valence-corrected chi connectivity index (χ0v) is 10.1. The lowest BCUT2D eigenvalue weighted by atomic mass is 10.1. The van der Waals surface area contributed by atoms with Crippen LogP contribution in [-0.4, -0.2) is 4.98 Å². The molecule has 0 amide bonds. The van der Waals surface area contributed by atoms with E-state index in [1.165, 1.54) is 0 Å². The molecule has 1 heterocycles. The van der Waals surface area contributed by atoms with E-state index in [-0.39, 0.29) is 6.04 Å². The van der Waals surface area contributed by atoms with Crippen LogP contribution in [-0.2, 0) is 0 Å². The summed E-state index contributed by atoms with van der Waals surface area (Å²) in [6.45, 7) is 4.08. The van der Waals surface area contributed by atoms with Crippen LogP contribution in [0.1, 0.15) is 24.2 Å². The molecule has 1 aromatic carbocycles. The Balaban J connectivity index is 2.17. The molecule has 0 radical (unpaired) electrons. The summed E-state index contributed by atoms with van der Waals surface area (Å²) in [5.74, 6) is 0. The highest BCUT2D eigenvalue weighted by Gasteiger charge is 2.07. The quantitative estimate of drug-likeness (QED) is 0.792. The molecule has 1 unspecified atom stereocenters. The Morgan fingerprint density at radius 1 is 1.24 bits per heavy atom. The Labute approximate surface area is 102 Å². The number of pyridine rings is 1. The Kier molecular flexibility index (Phi) is 3.28. The standard InChI is InChI=1S/C14H17N3/c1-10-9-12(7-8-16-10)17-11(2)13-5-3-4-6-14(13)15/h3-9,11H,15H2,1-2H3,(H,16,17). The first-order valence-corrected chi connectivity index (χ1v) is 5.70. The summed E-state index contributed by atoms with van der Waals surface area (Å²) < 4.78 is 0. The zero-order chi connectivity index (χ0) is 12.3. The topological polar surface area (TPSA) is 50.9 Å². The molecular weight excluding hydrogens is 210 g/mol. The number of rotatable bonds is 3. The Morgan fingerprint density at radius 2 is 2.00 bits per heavy atom. The summed E-state index contributed by atoms with van der Waals surface area (Å²) in [5, 5.41) is 3.42. The van der Waals surface area contributed by atoms with Gasteiger partial charge in [0.15, 0.2) is 0 Å². The Morgan fingerprint density at radius 3 is 2.71 bits per heavy atom. The van der Waals surface area contributed by atoms with Crippen LogP contribution in [0.4, 0.5) is 11.4 Å². The zero-order valence-electron chi connectivity index (χ0n) is 10.1. The van der Waals surface area contributed by atoms with Gasteiger partial charge in [0.2, 0.25) is 0 Å². The summed E-state index contributed by atoms with van der Waals surface area (Å²) in [4.78, 5) is 4.17. The van der Waals surface area contributed by atoms with E-state index in [1.807, 2.05) is 43.3 Å². The van der Waals surface area contributed by atoms with E-state index in [0.717, 1.165) is 22.6 Å². The lowest BCUT2D eigenvalue weighted by Gasteiger charge is -2.17. The number of benzene rings is 1. The molecule has 3 nitrogen and oxygen atoms in total. The first-order valence-electron chi connectivity index (χ1n) is 5.70. The molecule has 2 aromatic rings. The fraction of sp³-hybridized carbons (Fsp3) is 0.214. The van der Waals surface area contributed by atoms with E-state index in [4.69, 9.17) is 5.73 Å². The number of hydrogen-bond donors (Lipinski definition) is 2. The predicted octanol–water partition coefficient (Wildman–Crippen LogP) is 3.15. The minimum atomic E-state index is 0.179. The van der Waals surface area contributed by atoms with Gasteiger partial charge in [-0.1, -0.05) is 18.2 Å². The van der Waals surface area contributed by atoms with Crippen molar-refractivity contribution in [2.75, 3.05) is 11.1 Å². The molecular formula is C14H17N3. The van der Waals surface area contributed by atoms with Gasteiger partial charge in [-0.25, -0.2) is 0 Å². The molecule has 0 saturated carbocycles. The van der Waals surface area contributed by atoms with Crippen molar-refractivity contribution in [3.05, 3.63) is 53.9 Å². The molecule has 0 bridgehead atoms. The third-order valence-corrected chi connectivity index (χ3v) is 2.74. The van der Waals surface area contributed by atoms with Gasteiger partial charge in [0.25, 0.3) is 0 Å². The van der Waals surface area contributed by atoms with Crippen LogP contribution < -0.4 is 11.1 Å². The van der Waals surface area contributed by atoms with Crippen LogP contribution in [0.2, 0.25) is 0 Å². The predicted molar refractivity (Wildman–Crippen MR) is 71.9 cm³/mol. The van der Waals surface area contributed by atoms with E-state index in [0.29, 0.717) is 0 Å². The Bertz CT molecular complexity index is 508. The van der Waals surface area contributed by atoms with Crippen molar-refractivity contribution in [3.63, 3.8) is 0 Å². The monoisotopic (exact) mass is 227 g/mol. The third-order valence-electron chi connectivity index (χ3n) is 2.74. The number of nitrogen functional groups attached to an aromatic ring is 1. The summed E-state index contributed by atoms with van der Waals surface area (Å²) in [6, 6.07) is 12.1. The number of nitrogens with two attached hydrogens (primary N) is 1. The fourth-order valence-electron chi connectivity index (χ4n) is 1.87. The lowest BCUT2D eigenvalue weighted by Crippen LogP contribution is -2.09. The minimum absolute atomic E-state index is 0.179. The number of aromatic nitrogens is 1. The van der Waals surface area contributed by atoms with Gasteiger partial charge < -0.3 is 11.1 Å². The highest BCUT2D eigenvalue weighted by Crippen LogP contribution is 2.23. The maximum absolute atomic E-state index is 5.95. The number of nitrogens with one attached hydrogen (secondary N) is 1. The molecule has 2 rings (SSSR count). The smallest absolute Gasteiger partial charge is 0.0506 e. The second-order valence-corrected chi connectivity index (χ2v) is 4.18. The highest BCUT2D eigenvalue weighted by atomic mass is 14.9. The van der Waals surface area contributed by atoms with Crippen molar-refractivity contribution in [3.8, 4) is 0 Å². The molecule has 0 aliphatic rings. The van der Waals surface area contributed by atoms with Gasteiger partial charge in [-0.05, 0) is 37.6 Å². The molecule has 0 saturated heterocycles. The van der Waals surface area contributed by atoms with Gasteiger partial charge in [0.05, 0.1) is 6.04 Å². The summed E-state index contributed by atoms with van der Waals surface area (Å²) in [5.41, 5.74) is 9.95. The van der Waals surface area contributed by atoms with Crippen molar-refractivity contribution in [1.82, 2.24) is 4.98 Å². The van der Waals surface area contributed by atoms with Crippen molar-refractivity contribution < 1.29 is 0 Å². The SMILES string of the molecule is Cc1cc(NC(C)c2ccccc2N)ccn1. The van der Waals surface area contributed by atoms with E-state index in [9.17, 15) is 0 Å². The van der Waals surface area contributed by atoms with Crippen LogP contribution >= 0.6 is 0 Å². The molecule has 0 aliphatic carbocycles. The summed E-state index contributed by atoms with van der Waals surface area (Å²) in [6.07, 6.45) is 1.80. The molecule has 88 valence electrons. The molecule has 1 aromatic heterocycles. The molecule has 0 fully saturated rings. The van der Waals surface area contributed by atoms with Gasteiger partial charge in [0.1, 0.15) is 0 Å². The number of nitrogens with zero attached hydrogens (tertiary/aromatic N) is 1. The average molecular weight is 227 g/mol. The Hall–Kier alpha value is -2.03. The average Bonchev–Trinajstić information content (AvgIpc) is 2.29. The fourth-order valence-corrected chi connectivity index (χ4v) is 1.87. The van der Waals surface area contributed by atoms with Gasteiger partial charge in [-0.3, -0.25) is 4.98 Å². The van der Waals surface area contributed by atoms with E-state index in [2.05, 4.69) is 17.2 Å². The van der Waals surface area contributed by atoms with E-state index in [1.54, 1.807) is 6.20 Å². The molecule has 3 N–H and O–H groups in total.